The van der Waals surface area contributed by atoms with Gasteiger partial charge >= 0.3 is 0 Å². The Balaban J connectivity index is 2.66. The molecular weight excluding hydrogens is 238 g/mol. The van der Waals surface area contributed by atoms with E-state index in [1.807, 2.05) is 12.1 Å². The molecule has 1 N–H and O–H groups in total. The van der Waals surface area contributed by atoms with Crippen LogP contribution in [0.2, 0.25) is 0 Å². The smallest absolute Gasteiger partial charge is 0.125 e. The topological polar surface area (TPSA) is 30.5 Å². The number of aryl methyl sites for hydroxylation is 1. The molecule has 0 unspecified atom stereocenters. The van der Waals surface area contributed by atoms with E-state index in [4.69, 9.17) is 9.47 Å². The molecule has 3 heteroatoms. The summed E-state index contributed by atoms with van der Waals surface area (Å²) >= 11 is 0. The van der Waals surface area contributed by atoms with Crippen LogP contribution < -0.4 is 14.8 Å². The molecule has 0 spiro atoms. The molecule has 0 aliphatic carbocycles. The monoisotopic (exact) mass is 265 g/mol. The number of ether oxygens (including phenoxy) is 2. The highest BCUT2D eigenvalue weighted by molar-refractivity contribution is 5.40. The lowest BCUT2D eigenvalue weighted by atomic mass is 9.86. The highest BCUT2D eigenvalue weighted by atomic mass is 16.5. The first-order valence-corrected chi connectivity index (χ1v) is 6.94. The van der Waals surface area contributed by atoms with Crippen LogP contribution in [0.25, 0.3) is 0 Å². The van der Waals surface area contributed by atoms with Crippen molar-refractivity contribution in [2.75, 3.05) is 27.3 Å². The van der Waals surface area contributed by atoms with Crippen molar-refractivity contribution in [2.45, 2.75) is 33.6 Å². The summed E-state index contributed by atoms with van der Waals surface area (Å²) in [6, 6.07) is 6.04. The minimum atomic E-state index is 0.293. The maximum absolute atomic E-state index is 5.44. The Bertz CT molecular complexity index is 388. The zero-order valence-corrected chi connectivity index (χ0v) is 12.9. The van der Waals surface area contributed by atoms with E-state index in [1.54, 1.807) is 14.2 Å². The van der Waals surface area contributed by atoms with Gasteiger partial charge in [-0.25, -0.2) is 0 Å². The van der Waals surface area contributed by atoms with Crippen molar-refractivity contribution in [1.82, 2.24) is 5.32 Å². The summed E-state index contributed by atoms with van der Waals surface area (Å²) in [5.41, 5.74) is 1.54. The van der Waals surface area contributed by atoms with E-state index in [-0.39, 0.29) is 0 Å². The first-order chi connectivity index (χ1) is 9.02. The van der Waals surface area contributed by atoms with E-state index in [0.717, 1.165) is 37.4 Å². The number of benzene rings is 1. The van der Waals surface area contributed by atoms with Crippen LogP contribution in [-0.2, 0) is 6.42 Å². The third-order valence-electron chi connectivity index (χ3n) is 3.42. The van der Waals surface area contributed by atoms with Gasteiger partial charge in [-0.05, 0) is 36.4 Å². The van der Waals surface area contributed by atoms with Crippen molar-refractivity contribution >= 4 is 0 Å². The van der Waals surface area contributed by atoms with Gasteiger partial charge < -0.3 is 14.8 Å². The molecule has 0 saturated heterocycles. The Labute approximate surface area is 117 Å². The van der Waals surface area contributed by atoms with Gasteiger partial charge in [-0.15, -0.1) is 0 Å². The second kappa shape index (κ2) is 7.39. The SMILES string of the molecule is CCNCC(C)(C)CCc1ccc(OC)cc1OC. The second-order valence-electron chi connectivity index (χ2n) is 5.62. The third kappa shape index (κ3) is 5.11. The normalized spacial score (nSPS) is 11.4. The second-order valence-corrected chi connectivity index (χ2v) is 5.62. The average molecular weight is 265 g/mol. The predicted molar refractivity (Wildman–Crippen MR) is 80.2 cm³/mol. The lowest BCUT2D eigenvalue weighted by Gasteiger charge is -2.25. The van der Waals surface area contributed by atoms with Crippen LogP contribution in [0.5, 0.6) is 11.5 Å². The van der Waals surface area contributed by atoms with Crippen LogP contribution in [0.1, 0.15) is 32.8 Å². The number of nitrogens with one attached hydrogen (secondary N) is 1. The largest absolute Gasteiger partial charge is 0.497 e. The summed E-state index contributed by atoms with van der Waals surface area (Å²) in [6.45, 7) is 8.80. The van der Waals surface area contributed by atoms with Crippen molar-refractivity contribution in [3.8, 4) is 11.5 Å². The van der Waals surface area contributed by atoms with E-state index < -0.39 is 0 Å². The summed E-state index contributed by atoms with van der Waals surface area (Å²) in [4.78, 5) is 0. The average Bonchev–Trinajstić information content (AvgIpc) is 2.42. The molecular formula is C16H27NO2. The summed E-state index contributed by atoms with van der Waals surface area (Å²) in [7, 11) is 3.38. The zero-order chi connectivity index (χ0) is 14.3. The van der Waals surface area contributed by atoms with Crippen molar-refractivity contribution in [1.29, 1.82) is 0 Å². The van der Waals surface area contributed by atoms with Crippen LogP contribution in [0.4, 0.5) is 0 Å². The Morgan fingerprint density at radius 1 is 1.16 bits per heavy atom. The summed E-state index contributed by atoms with van der Waals surface area (Å²) in [5, 5.41) is 3.42. The lowest BCUT2D eigenvalue weighted by Crippen LogP contribution is -2.29. The van der Waals surface area contributed by atoms with Crippen LogP contribution >= 0.6 is 0 Å². The zero-order valence-electron chi connectivity index (χ0n) is 12.9. The van der Waals surface area contributed by atoms with Gasteiger partial charge in [0.2, 0.25) is 0 Å². The summed E-state index contributed by atoms with van der Waals surface area (Å²) < 4.78 is 10.7. The highest BCUT2D eigenvalue weighted by Gasteiger charge is 2.18. The molecule has 0 saturated carbocycles. The van der Waals surface area contributed by atoms with Gasteiger partial charge in [-0.2, -0.15) is 0 Å². The molecule has 0 aliphatic rings. The minimum absolute atomic E-state index is 0.293. The molecule has 3 nitrogen and oxygen atoms in total. The Morgan fingerprint density at radius 2 is 1.89 bits per heavy atom. The van der Waals surface area contributed by atoms with Crippen molar-refractivity contribution < 1.29 is 9.47 Å². The Hall–Kier alpha value is -1.22. The number of methoxy groups -OCH3 is 2. The molecule has 1 rings (SSSR count). The van der Waals surface area contributed by atoms with E-state index in [1.165, 1.54) is 5.56 Å². The van der Waals surface area contributed by atoms with Crippen LogP contribution in [0.3, 0.4) is 0 Å². The Morgan fingerprint density at radius 3 is 2.47 bits per heavy atom. The molecule has 0 amide bonds. The van der Waals surface area contributed by atoms with Gasteiger partial charge in [0.05, 0.1) is 14.2 Å². The van der Waals surface area contributed by atoms with Gasteiger partial charge in [0.15, 0.2) is 0 Å². The number of hydrogen-bond donors (Lipinski definition) is 1. The molecule has 1 aromatic carbocycles. The summed E-state index contributed by atoms with van der Waals surface area (Å²) in [5.74, 6) is 1.76. The molecule has 19 heavy (non-hydrogen) atoms. The molecule has 0 fully saturated rings. The molecule has 0 aromatic heterocycles. The van der Waals surface area contributed by atoms with Gasteiger partial charge in [0, 0.05) is 12.6 Å². The molecule has 108 valence electrons. The van der Waals surface area contributed by atoms with E-state index in [0.29, 0.717) is 5.41 Å². The fraction of sp³-hybridized carbons (Fsp3) is 0.625. The molecule has 0 bridgehead atoms. The molecule has 0 heterocycles. The van der Waals surface area contributed by atoms with Gasteiger partial charge in [0.1, 0.15) is 11.5 Å². The molecule has 0 radical (unpaired) electrons. The van der Waals surface area contributed by atoms with Crippen LogP contribution in [0.15, 0.2) is 18.2 Å². The first-order valence-electron chi connectivity index (χ1n) is 6.94. The van der Waals surface area contributed by atoms with Crippen LogP contribution in [0, 0.1) is 5.41 Å². The maximum Gasteiger partial charge on any atom is 0.125 e. The fourth-order valence-corrected chi connectivity index (χ4v) is 2.08. The van der Waals surface area contributed by atoms with Crippen molar-refractivity contribution in [3.63, 3.8) is 0 Å². The molecule has 0 aliphatic heterocycles. The van der Waals surface area contributed by atoms with Gasteiger partial charge in [0.25, 0.3) is 0 Å². The van der Waals surface area contributed by atoms with E-state index >= 15 is 0 Å². The maximum atomic E-state index is 5.44. The van der Waals surface area contributed by atoms with Crippen molar-refractivity contribution in [2.24, 2.45) is 5.41 Å². The van der Waals surface area contributed by atoms with Gasteiger partial charge in [-0.3, -0.25) is 0 Å². The first kappa shape index (κ1) is 15.8. The highest BCUT2D eigenvalue weighted by Crippen LogP contribution is 2.29. The standard InChI is InChI=1S/C16H27NO2/c1-6-17-12-16(2,3)10-9-13-7-8-14(18-4)11-15(13)19-5/h7-8,11,17H,6,9-10,12H2,1-5H3. The lowest BCUT2D eigenvalue weighted by molar-refractivity contribution is 0.315. The quantitative estimate of drug-likeness (QED) is 0.782. The molecule has 0 atom stereocenters. The van der Waals surface area contributed by atoms with Crippen LogP contribution in [-0.4, -0.2) is 27.3 Å². The van der Waals surface area contributed by atoms with E-state index in [9.17, 15) is 0 Å². The van der Waals surface area contributed by atoms with Crippen molar-refractivity contribution in [3.05, 3.63) is 23.8 Å². The molecule has 1 aromatic rings. The summed E-state index contributed by atoms with van der Waals surface area (Å²) in [6.07, 6.45) is 2.15. The number of rotatable bonds is 8. The Kier molecular flexibility index (Phi) is 6.16. The predicted octanol–water partition coefficient (Wildman–Crippen LogP) is 3.27. The van der Waals surface area contributed by atoms with E-state index in [2.05, 4.69) is 32.2 Å². The third-order valence-corrected chi connectivity index (χ3v) is 3.42. The minimum Gasteiger partial charge on any atom is -0.497 e. The number of hydrogen-bond acceptors (Lipinski definition) is 3. The fourth-order valence-electron chi connectivity index (χ4n) is 2.08. The van der Waals surface area contributed by atoms with Gasteiger partial charge in [-0.1, -0.05) is 26.8 Å².